The lowest BCUT2D eigenvalue weighted by Crippen LogP contribution is -2.70. The lowest BCUT2D eigenvalue weighted by Gasteiger charge is -2.66. The van der Waals surface area contributed by atoms with E-state index in [-0.39, 0.29) is 28.6 Å². The summed E-state index contributed by atoms with van der Waals surface area (Å²) in [5.74, 6) is 1.64. The molecular formula is C30H51N3O4Si. The van der Waals surface area contributed by atoms with Gasteiger partial charge in [0.05, 0.1) is 17.4 Å². The van der Waals surface area contributed by atoms with Gasteiger partial charge in [-0.25, -0.2) is 0 Å². The van der Waals surface area contributed by atoms with Crippen molar-refractivity contribution in [2.45, 2.75) is 116 Å². The molecule has 0 amide bonds. The average Bonchev–Trinajstić information content (AvgIpc) is 3.48. The van der Waals surface area contributed by atoms with Gasteiger partial charge in [-0.3, -0.25) is 4.79 Å². The number of ether oxygens (including phenoxy) is 1. The lowest BCUT2D eigenvalue weighted by atomic mass is 9.40. The zero-order valence-electron chi connectivity index (χ0n) is 24.8. The first kappa shape index (κ1) is 28.4. The number of oxime groups is 1. The van der Waals surface area contributed by atoms with Crippen molar-refractivity contribution in [1.29, 1.82) is 5.41 Å². The van der Waals surface area contributed by atoms with Crippen LogP contribution in [0.25, 0.3) is 0 Å². The molecule has 0 bridgehead atoms. The maximum absolute atomic E-state index is 13.1. The standard InChI is InChI=1S/C30H51N3O4Si/c1-27(2,3)38-37-28(4,5)30-22-10-12-29(6)21(8-9-26(29)34)20(22)16-24(35-7)23(30)14-18(15-25(30)31)33-36-19-11-13-32-17-19/h19-24,31-32H,8-17,38H2,1-7H3/t19-,20?,21?,22?,23?,24?,29?,30?/m0/s1. The van der Waals surface area contributed by atoms with Gasteiger partial charge in [-0.15, -0.1) is 0 Å². The summed E-state index contributed by atoms with van der Waals surface area (Å²) >= 11 is 0. The Kier molecular flexibility index (Phi) is 7.54. The van der Waals surface area contributed by atoms with Crippen LogP contribution >= 0.6 is 0 Å². The second-order valence-corrected chi connectivity index (χ2v) is 17.6. The number of carbonyl (C=O) groups excluding carboxylic acids is 1. The van der Waals surface area contributed by atoms with Gasteiger partial charge < -0.3 is 24.7 Å². The van der Waals surface area contributed by atoms with E-state index >= 15 is 0 Å². The molecule has 0 radical (unpaired) electrons. The van der Waals surface area contributed by atoms with Crippen LogP contribution in [0.2, 0.25) is 5.04 Å². The number of carbonyl (C=O) groups is 1. The Hall–Kier alpha value is -1.09. The van der Waals surface area contributed by atoms with Crippen LogP contribution in [0.15, 0.2) is 5.16 Å². The highest BCUT2D eigenvalue weighted by atomic mass is 28.2. The molecule has 1 heterocycles. The number of fused-ring (bicyclic) bond motifs is 5. The highest BCUT2D eigenvalue weighted by molar-refractivity contribution is 6.32. The molecule has 4 aliphatic carbocycles. The minimum absolute atomic E-state index is 0.00692. The molecule has 1 aliphatic heterocycles. The van der Waals surface area contributed by atoms with Gasteiger partial charge in [0, 0.05) is 55.4 Å². The first-order chi connectivity index (χ1) is 17.8. The van der Waals surface area contributed by atoms with Crippen molar-refractivity contribution < 1.29 is 18.8 Å². The predicted molar refractivity (Wildman–Crippen MR) is 154 cm³/mol. The molecule has 1 saturated heterocycles. The number of Topliss-reactive ketones (excluding diaryl/α,β-unsaturated/α-hetero) is 1. The smallest absolute Gasteiger partial charge is 0.167 e. The molecular weight excluding hydrogens is 494 g/mol. The monoisotopic (exact) mass is 545 g/mol. The third-order valence-electron chi connectivity index (χ3n) is 11.1. The number of nitrogens with zero attached hydrogens (tertiary/aromatic N) is 1. The van der Waals surface area contributed by atoms with E-state index in [1.807, 2.05) is 7.11 Å². The van der Waals surface area contributed by atoms with E-state index in [1.54, 1.807) is 0 Å². The molecule has 4 saturated carbocycles. The number of methoxy groups -OCH3 is 1. The number of nitrogens with one attached hydrogen (secondary N) is 2. The molecule has 8 heteroatoms. The van der Waals surface area contributed by atoms with Crippen LogP contribution in [-0.4, -0.2) is 65.0 Å². The normalized spacial score (nSPS) is 43.0. The van der Waals surface area contributed by atoms with Gasteiger partial charge in [0.1, 0.15) is 11.9 Å². The Morgan fingerprint density at radius 2 is 1.87 bits per heavy atom. The molecule has 2 N–H and O–H groups in total. The number of hydrogen-bond acceptors (Lipinski definition) is 7. The molecule has 0 spiro atoms. The van der Waals surface area contributed by atoms with Crippen LogP contribution in [0.1, 0.15) is 92.9 Å². The molecule has 0 aromatic heterocycles. The van der Waals surface area contributed by atoms with Crippen LogP contribution in [0.4, 0.5) is 0 Å². The number of ketones is 1. The topological polar surface area (TPSA) is 93.0 Å². The molecule has 0 aromatic rings. The molecule has 214 valence electrons. The van der Waals surface area contributed by atoms with Crippen molar-refractivity contribution in [3.05, 3.63) is 0 Å². The van der Waals surface area contributed by atoms with Gasteiger partial charge in [-0.2, -0.15) is 0 Å². The second kappa shape index (κ2) is 10.1. The molecule has 8 atom stereocenters. The van der Waals surface area contributed by atoms with E-state index in [4.69, 9.17) is 14.0 Å². The number of rotatable bonds is 6. The molecule has 5 rings (SSSR count). The fourth-order valence-electron chi connectivity index (χ4n) is 9.34. The highest BCUT2D eigenvalue weighted by Gasteiger charge is 2.70. The summed E-state index contributed by atoms with van der Waals surface area (Å²) in [5.41, 5.74) is 0.579. The molecule has 7 unspecified atom stereocenters. The maximum atomic E-state index is 13.1. The Morgan fingerprint density at radius 1 is 1.11 bits per heavy atom. The summed E-state index contributed by atoms with van der Waals surface area (Å²) in [4.78, 5) is 19.1. The third-order valence-corrected chi connectivity index (χ3v) is 12.8. The van der Waals surface area contributed by atoms with Crippen LogP contribution in [0.5, 0.6) is 0 Å². The first-order valence-corrected chi connectivity index (χ1v) is 16.3. The summed E-state index contributed by atoms with van der Waals surface area (Å²) < 4.78 is 13.4. The van der Waals surface area contributed by atoms with Crippen molar-refractivity contribution >= 4 is 27.0 Å². The van der Waals surface area contributed by atoms with Crippen molar-refractivity contribution in [1.82, 2.24) is 5.32 Å². The summed E-state index contributed by atoms with van der Waals surface area (Å²) in [6.45, 7) is 15.4. The van der Waals surface area contributed by atoms with Crippen LogP contribution in [0.3, 0.4) is 0 Å². The summed E-state index contributed by atoms with van der Waals surface area (Å²) in [7, 11) is 0.982. The lowest BCUT2D eigenvalue weighted by molar-refractivity contribution is -0.184. The average molecular weight is 546 g/mol. The SMILES string of the molecule is COC1CC2C3CCC(=O)C3(C)CCC2C2(C(C)(C)O[SiH2]C(C)(C)C)C(=N)CC(=NO[C@H]3CCNC3)CC12. The molecule has 5 aliphatic rings. The van der Waals surface area contributed by atoms with E-state index in [0.717, 1.165) is 63.0 Å². The predicted octanol–water partition coefficient (Wildman–Crippen LogP) is 4.66. The highest BCUT2D eigenvalue weighted by Crippen LogP contribution is 2.68. The summed E-state index contributed by atoms with van der Waals surface area (Å²) in [6.07, 6.45) is 6.99. The van der Waals surface area contributed by atoms with Crippen molar-refractivity contribution in [2.24, 2.45) is 39.7 Å². The van der Waals surface area contributed by atoms with Gasteiger partial charge in [-0.05, 0) is 75.3 Å². The summed E-state index contributed by atoms with van der Waals surface area (Å²) in [5, 5.41) is 18.0. The molecule has 0 aromatic carbocycles. The van der Waals surface area contributed by atoms with Crippen LogP contribution < -0.4 is 5.32 Å². The van der Waals surface area contributed by atoms with Crippen molar-refractivity contribution in [2.75, 3.05) is 20.2 Å². The van der Waals surface area contributed by atoms with E-state index in [0.29, 0.717) is 36.4 Å². The Morgan fingerprint density at radius 3 is 2.53 bits per heavy atom. The van der Waals surface area contributed by atoms with Crippen molar-refractivity contribution in [3.8, 4) is 0 Å². The van der Waals surface area contributed by atoms with Gasteiger partial charge in [0.25, 0.3) is 0 Å². The molecule has 38 heavy (non-hydrogen) atoms. The zero-order valence-corrected chi connectivity index (χ0v) is 26.2. The van der Waals surface area contributed by atoms with Gasteiger partial charge >= 0.3 is 0 Å². The van der Waals surface area contributed by atoms with Gasteiger partial charge in [0.2, 0.25) is 0 Å². The minimum atomic E-state index is -0.856. The Labute approximate surface area is 232 Å². The quantitative estimate of drug-likeness (QED) is 0.374. The molecule has 5 fully saturated rings. The summed E-state index contributed by atoms with van der Waals surface area (Å²) in [6, 6.07) is 0. The largest absolute Gasteiger partial charge is 0.418 e. The number of hydrogen-bond donors (Lipinski definition) is 2. The first-order valence-electron chi connectivity index (χ1n) is 15.0. The third kappa shape index (κ3) is 4.55. The Balaban J connectivity index is 1.56. The van der Waals surface area contributed by atoms with Gasteiger partial charge in [0.15, 0.2) is 9.76 Å². The van der Waals surface area contributed by atoms with E-state index in [9.17, 15) is 10.2 Å². The van der Waals surface area contributed by atoms with E-state index in [2.05, 4.69) is 52.0 Å². The Bertz CT molecular complexity index is 971. The maximum Gasteiger partial charge on any atom is 0.167 e. The fourth-order valence-corrected chi connectivity index (χ4v) is 10.4. The van der Waals surface area contributed by atoms with Crippen LogP contribution in [-0.2, 0) is 18.8 Å². The minimum Gasteiger partial charge on any atom is -0.418 e. The fraction of sp³-hybridized carbons (Fsp3) is 0.900. The van der Waals surface area contributed by atoms with Crippen molar-refractivity contribution in [3.63, 3.8) is 0 Å². The second-order valence-electron chi connectivity index (χ2n) is 14.9. The van der Waals surface area contributed by atoms with Gasteiger partial charge in [-0.1, -0.05) is 32.9 Å². The zero-order chi connectivity index (χ0) is 27.5. The van der Waals surface area contributed by atoms with E-state index in [1.165, 1.54) is 0 Å². The van der Waals surface area contributed by atoms with E-state index < -0.39 is 20.8 Å². The van der Waals surface area contributed by atoms with Crippen LogP contribution in [0, 0.1) is 39.9 Å². The molecule has 7 nitrogen and oxygen atoms in total.